The van der Waals surface area contributed by atoms with Crippen LogP contribution in [0.15, 0.2) is 11.6 Å². The Morgan fingerprint density at radius 1 is 1.26 bits per heavy atom. The smallest absolute Gasteiger partial charge is 0.320 e. The van der Waals surface area contributed by atoms with E-state index in [1.54, 1.807) is 0 Å². The van der Waals surface area contributed by atoms with E-state index < -0.39 is 18.0 Å². The summed E-state index contributed by atoms with van der Waals surface area (Å²) < 4.78 is 0. The summed E-state index contributed by atoms with van der Waals surface area (Å²) in [7, 11) is 0. The van der Waals surface area contributed by atoms with Gasteiger partial charge in [-0.2, -0.15) is 0 Å². The van der Waals surface area contributed by atoms with Gasteiger partial charge in [0.2, 0.25) is 0 Å². The second kappa shape index (κ2) is 11.7. The SMILES string of the molecule is CC(C)=CCNCC(=O)O.CC(C)CC(N)C(=O)O. The molecule has 1 unspecified atom stereocenters. The van der Waals surface area contributed by atoms with Crippen LogP contribution in [0.25, 0.3) is 0 Å². The van der Waals surface area contributed by atoms with Crippen molar-refractivity contribution in [3.63, 3.8) is 0 Å². The number of nitrogens with two attached hydrogens (primary N) is 1. The predicted octanol–water partition coefficient (Wildman–Crippen LogP) is 1.07. The summed E-state index contributed by atoms with van der Waals surface area (Å²) in [5.74, 6) is -1.37. The molecule has 0 aromatic rings. The van der Waals surface area contributed by atoms with Gasteiger partial charge in [-0.15, -0.1) is 0 Å². The number of rotatable bonds is 7. The second-order valence-corrected chi connectivity index (χ2v) is 4.88. The van der Waals surface area contributed by atoms with E-state index in [2.05, 4.69) is 5.32 Å². The molecule has 0 heterocycles. The highest BCUT2D eigenvalue weighted by Gasteiger charge is 2.11. The van der Waals surface area contributed by atoms with Crippen LogP contribution in [0.4, 0.5) is 0 Å². The van der Waals surface area contributed by atoms with Gasteiger partial charge in [-0.1, -0.05) is 25.5 Å². The van der Waals surface area contributed by atoms with Crippen LogP contribution < -0.4 is 11.1 Å². The molecule has 1 atom stereocenters. The molecule has 19 heavy (non-hydrogen) atoms. The molecule has 0 aliphatic carbocycles. The van der Waals surface area contributed by atoms with Gasteiger partial charge in [-0.25, -0.2) is 0 Å². The lowest BCUT2D eigenvalue weighted by Crippen LogP contribution is -2.31. The van der Waals surface area contributed by atoms with E-state index in [0.29, 0.717) is 18.9 Å². The number of nitrogens with one attached hydrogen (secondary N) is 1. The van der Waals surface area contributed by atoms with E-state index in [1.807, 2.05) is 33.8 Å². The molecule has 0 aromatic heterocycles. The monoisotopic (exact) mass is 274 g/mol. The molecule has 0 aliphatic rings. The predicted molar refractivity (Wildman–Crippen MR) is 75.0 cm³/mol. The third-order valence-corrected chi connectivity index (χ3v) is 1.97. The highest BCUT2D eigenvalue weighted by Crippen LogP contribution is 2.01. The summed E-state index contributed by atoms with van der Waals surface area (Å²) >= 11 is 0. The Kier molecular flexibility index (Phi) is 12.2. The molecule has 0 saturated carbocycles. The van der Waals surface area contributed by atoms with Crippen molar-refractivity contribution in [2.24, 2.45) is 11.7 Å². The van der Waals surface area contributed by atoms with Crippen LogP contribution in [-0.2, 0) is 9.59 Å². The zero-order chi connectivity index (χ0) is 15.4. The van der Waals surface area contributed by atoms with E-state index in [4.69, 9.17) is 15.9 Å². The van der Waals surface area contributed by atoms with Crippen molar-refractivity contribution in [2.75, 3.05) is 13.1 Å². The average molecular weight is 274 g/mol. The molecule has 6 heteroatoms. The average Bonchev–Trinajstić information content (AvgIpc) is 2.23. The number of carboxylic acid groups (broad SMARTS) is 2. The van der Waals surface area contributed by atoms with Crippen molar-refractivity contribution in [3.8, 4) is 0 Å². The fourth-order valence-electron chi connectivity index (χ4n) is 1.06. The molecule has 6 nitrogen and oxygen atoms in total. The van der Waals surface area contributed by atoms with Crippen LogP contribution in [0.2, 0.25) is 0 Å². The number of carboxylic acids is 2. The molecular weight excluding hydrogens is 248 g/mol. The first-order valence-electron chi connectivity index (χ1n) is 6.21. The summed E-state index contributed by atoms with van der Waals surface area (Å²) in [5.41, 5.74) is 6.41. The lowest BCUT2D eigenvalue weighted by Gasteiger charge is -2.07. The van der Waals surface area contributed by atoms with Crippen molar-refractivity contribution in [1.82, 2.24) is 5.32 Å². The van der Waals surface area contributed by atoms with Gasteiger partial charge < -0.3 is 21.3 Å². The maximum Gasteiger partial charge on any atom is 0.320 e. The Morgan fingerprint density at radius 3 is 2.05 bits per heavy atom. The lowest BCUT2D eigenvalue weighted by molar-refractivity contribution is -0.139. The molecule has 0 aromatic carbocycles. The van der Waals surface area contributed by atoms with Crippen molar-refractivity contribution in [3.05, 3.63) is 11.6 Å². The fourth-order valence-corrected chi connectivity index (χ4v) is 1.06. The van der Waals surface area contributed by atoms with Crippen LogP contribution in [0.5, 0.6) is 0 Å². The first-order chi connectivity index (χ1) is 8.66. The highest BCUT2D eigenvalue weighted by molar-refractivity contribution is 5.72. The Hall–Kier alpha value is -1.40. The van der Waals surface area contributed by atoms with E-state index in [1.165, 1.54) is 5.57 Å². The van der Waals surface area contributed by atoms with Crippen LogP contribution in [0, 0.1) is 5.92 Å². The molecular formula is C13H26N2O4. The van der Waals surface area contributed by atoms with Crippen molar-refractivity contribution >= 4 is 11.9 Å². The van der Waals surface area contributed by atoms with Crippen molar-refractivity contribution < 1.29 is 19.8 Å². The van der Waals surface area contributed by atoms with Crippen LogP contribution in [-0.4, -0.2) is 41.3 Å². The largest absolute Gasteiger partial charge is 0.480 e. The Labute approximate surface area is 114 Å². The van der Waals surface area contributed by atoms with E-state index >= 15 is 0 Å². The van der Waals surface area contributed by atoms with E-state index in [0.717, 1.165) is 0 Å². The lowest BCUT2D eigenvalue weighted by atomic mass is 10.1. The third-order valence-electron chi connectivity index (χ3n) is 1.97. The van der Waals surface area contributed by atoms with Gasteiger partial charge >= 0.3 is 11.9 Å². The summed E-state index contributed by atoms with van der Waals surface area (Å²) in [5, 5.41) is 19.2. The molecule has 0 bridgehead atoms. The normalized spacial score (nSPS) is 11.3. The Bertz CT molecular complexity index is 297. The van der Waals surface area contributed by atoms with Crippen LogP contribution in [0.1, 0.15) is 34.1 Å². The molecule has 0 rings (SSSR count). The van der Waals surface area contributed by atoms with Gasteiger partial charge in [0.25, 0.3) is 0 Å². The minimum atomic E-state index is -0.913. The number of aliphatic carboxylic acids is 2. The van der Waals surface area contributed by atoms with Crippen LogP contribution in [0.3, 0.4) is 0 Å². The zero-order valence-corrected chi connectivity index (χ0v) is 12.1. The second-order valence-electron chi connectivity index (χ2n) is 4.88. The molecule has 112 valence electrons. The van der Waals surface area contributed by atoms with E-state index in [-0.39, 0.29) is 6.54 Å². The molecule has 0 radical (unpaired) electrons. The van der Waals surface area contributed by atoms with Crippen LogP contribution >= 0.6 is 0 Å². The standard InChI is InChI=1S/C7H13NO2.C6H13NO2/c1-6(2)3-4-8-5-7(9)10;1-4(2)3-5(7)6(8)9/h3,8H,4-5H2,1-2H3,(H,9,10);4-5H,3,7H2,1-2H3,(H,8,9). The Balaban J connectivity index is 0. The van der Waals surface area contributed by atoms with Gasteiger partial charge in [0.1, 0.15) is 6.04 Å². The first kappa shape index (κ1) is 19.9. The summed E-state index contributed by atoms with van der Waals surface area (Å²) in [6, 6.07) is -0.690. The molecule has 0 spiro atoms. The van der Waals surface area contributed by atoms with E-state index in [9.17, 15) is 9.59 Å². The fraction of sp³-hybridized carbons (Fsp3) is 0.692. The molecule has 5 N–H and O–H groups in total. The zero-order valence-electron chi connectivity index (χ0n) is 12.1. The summed E-state index contributed by atoms with van der Waals surface area (Å²) in [6.07, 6.45) is 2.50. The van der Waals surface area contributed by atoms with Gasteiger partial charge in [0.05, 0.1) is 6.54 Å². The van der Waals surface area contributed by atoms with Crippen molar-refractivity contribution in [1.29, 1.82) is 0 Å². The van der Waals surface area contributed by atoms with Gasteiger partial charge in [-0.05, 0) is 26.2 Å². The molecule has 0 aliphatic heterocycles. The Morgan fingerprint density at radius 2 is 1.79 bits per heavy atom. The van der Waals surface area contributed by atoms with Gasteiger partial charge in [-0.3, -0.25) is 9.59 Å². The van der Waals surface area contributed by atoms with Gasteiger partial charge in [0, 0.05) is 6.54 Å². The minimum absolute atomic E-state index is 0.0315. The number of allylic oxidation sites excluding steroid dienone is 1. The summed E-state index contributed by atoms with van der Waals surface area (Å²) in [6.45, 7) is 8.51. The summed E-state index contributed by atoms with van der Waals surface area (Å²) in [4.78, 5) is 20.1. The quantitative estimate of drug-likeness (QED) is 0.408. The first-order valence-corrected chi connectivity index (χ1v) is 6.21. The number of carbonyl (C=O) groups is 2. The maximum atomic E-state index is 10.1. The topological polar surface area (TPSA) is 113 Å². The number of hydrogen-bond acceptors (Lipinski definition) is 4. The maximum absolute atomic E-state index is 10.1. The molecule has 0 amide bonds. The van der Waals surface area contributed by atoms with Crippen molar-refractivity contribution in [2.45, 2.75) is 40.2 Å². The molecule has 0 saturated heterocycles. The highest BCUT2D eigenvalue weighted by atomic mass is 16.4. The number of hydrogen-bond donors (Lipinski definition) is 4. The third kappa shape index (κ3) is 19.1. The van der Waals surface area contributed by atoms with Gasteiger partial charge in [0.15, 0.2) is 0 Å². The molecule has 0 fully saturated rings. The minimum Gasteiger partial charge on any atom is -0.480 e.